The van der Waals surface area contributed by atoms with E-state index >= 15 is 0 Å². The second-order valence-corrected chi connectivity index (χ2v) is 6.48. The molecule has 0 saturated heterocycles. The van der Waals surface area contributed by atoms with Crippen molar-refractivity contribution in [2.45, 2.75) is 18.6 Å². The van der Waals surface area contributed by atoms with E-state index in [-0.39, 0.29) is 5.91 Å². The molecule has 2 heterocycles. The molecule has 0 fully saturated rings. The van der Waals surface area contributed by atoms with Crippen molar-refractivity contribution in [1.29, 1.82) is 0 Å². The minimum absolute atomic E-state index is 0.205. The fourth-order valence-electron chi connectivity index (χ4n) is 3.55. The average molecular weight is 371 g/mol. The summed E-state index contributed by atoms with van der Waals surface area (Å²) in [5.74, 6) is -0.205. The third-order valence-corrected chi connectivity index (χ3v) is 4.87. The molecule has 1 amide bonds. The Bertz CT molecular complexity index is 946. The maximum absolute atomic E-state index is 13.0. The second kappa shape index (κ2) is 6.61. The highest BCUT2D eigenvalue weighted by Gasteiger charge is 2.34. The van der Waals surface area contributed by atoms with Crippen molar-refractivity contribution in [2.24, 2.45) is 0 Å². The second-order valence-electron chi connectivity index (χ2n) is 6.48. The lowest BCUT2D eigenvalue weighted by Gasteiger charge is -2.37. The number of amides is 1. The van der Waals surface area contributed by atoms with Gasteiger partial charge in [-0.3, -0.25) is 4.79 Å². The molecule has 0 spiro atoms. The molecular weight excluding hydrogens is 355 g/mol. The monoisotopic (exact) mass is 371 g/mol. The summed E-state index contributed by atoms with van der Waals surface area (Å²) in [5, 5.41) is 0. The number of carbonyl (C=O) groups excluding carboxylic acids is 1. The van der Waals surface area contributed by atoms with Gasteiger partial charge in [0, 0.05) is 6.54 Å². The van der Waals surface area contributed by atoms with Gasteiger partial charge in [0.15, 0.2) is 0 Å². The van der Waals surface area contributed by atoms with Crippen molar-refractivity contribution >= 4 is 5.91 Å². The van der Waals surface area contributed by atoms with E-state index in [9.17, 15) is 18.0 Å². The van der Waals surface area contributed by atoms with Gasteiger partial charge in [-0.05, 0) is 41.3 Å². The molecule has 0 bridgehead atoms. The summed E-state index contributed by atoms with van der Waals surface area (Å²) >= 11 is 0. The van der Waals surface area contributed by atoms with E-state index in [1.54, 1.807) is 11.0 Å². The summed E-state index contributed by atoms with van der Waals surface area (Å²) in [6.45, 7) is 0.479. The molecule has 0 radical (unpaired) electrons. The van der Waals surface area contributed by atoms with Crippen LogP contribution in [0.2, 0.25) is 0 Å². The van der Waals surface area contributed by atoms with Crippen LogP contribution in [-0.2, 0) is 12.6 Å². The van der Waals surface area contributed by atoms with Gasteiger partial charge in [0.1, 0.15) is 6.26 Å². The minimum Gasteiger partial charge on any atom is -0.472 e. The Morgan fingerprint density at radius 3 is 2.44 bits per heavy atom. The molecule has 1 aromatic heterocycles. The zero-order valence-electron chi connectivity index (χ0n) is 14.2. The minimum atomic E-state index is -4.39. The van der Waals surface area contributed by atoms with Crippen molar-refractivity contribution < 1.29 is 22.4 Å². The van der Waals surface area contributed by atoms with Gasteiger partial charge in [-0.25, -0.2) is 0 Å². The van der Waals surface area contributed by atoms with Crippen LogP contribution in [0, 0.1) is 0 Å². The van der Waals surface area contributed by atoms with E-state index in [0.29, 0.717) is 24.1 Å². The fraction of sp³-hybridized carbons (Fsp3) is 0.190. The average Bonchev–Trinajstić information content (AvgIpc) is 3.21. The van der Waals surface area contributed by atoms with Gasteiger partial charge in [0.05, 0.1) is 23.4 Å². The largest absolute Gasteiger partial charge is 0.472 e. The summed E-state index contributed by atoms with van der Waals surface area (Å²) in [6.07, 6.45) is -0.892. The number of hydrogen-bond acceptors (Lipinski definition) is 2. The summed E-state index contributed by atoms with van der Waals surface area (Å²) in [6, 6.07) is 13.9. The van der Waals surface area contributed by atoms with Crippen molar-refractivity contribution in [2.75, 3.05) is 6.54 Å². The highest BCUT2D eigenvalue weighted by Crippen LogP contribution is 2.37. The van der Waals surface area contributed by atoms with Crippen LogP contribution >= 0.6 is 0 Å². The first-order valence-electron chi connectivity index (χ1n) is 8.53. The van der Waals surface area contributed by atoms with E-state index in [2.05, 4.69) is 0 Å². The number of fused-ring (bicyclic) bond motifs is 1. The zero-order chi connectivity index (χ0) is 19.0. The van der Waals surface area contributed by atoms with Gasteiger partial charge in [-0.1, -0.05) is 36.4 Å². The molecule has 138 valence electrons. The zero-order valence-corrected chi connectivity index (χ0v) is 14.2. The number of hydrogen-bond donors (Lipinski definition) is 0. The molecule has 1 aliphatic rings. The molecule has 3 aromatic rings. The Morgan fingerprint density at radius 2 is 1.78 bits per heavy atom. The highest BCUT2D eigenvalue weighted by atomic mass is 19.4. The lowest BCUT2D eigenvalue weighted by molar-refractivity contribution is -0.137. The van der Waals surface area contributed by atoms with Gasteiger partial charge in [-0.15, -0.1) is 0 Å². The summed E-state index contributed by atoms with van der Waals surface area (Å²) < 4.78 is 43.8. The van der Waals surface area contributed by atoms with Gasteiger partial charge in [0.25, 0.3) is 5.91 Å². The summed E-state index contributed by atoms with van der Waals surface area (Å²) in [5.41, 5.74) is 2.39. The van der Waals surface area contributed by atoms with E-state index in [1.807, 2.05) is 24.3 Å². The number of halogens is 3. The van der Waals surface area contributed by atoms with E-state index in [4.69, 9.17) is 4.42 Å². The highest BCUT2D eigenvalue weighted by molar-refractivity contribution is 5.94. The standard InChI is InChI=1S/C21H16F3NO2/c22-21(23,24)17-7-5-15(6-8-17)19-18-4-2-1-3-14(18)9-11-25(19)20(26)16-10-12-27-13-16/h1-8,10,12-13,19H,9,11H2/t19-/m1/s1. The van der Waals surface area contributed by atoms with Crippen LogP contribution in [0.15, 0.2) is 71.5 Å². The predicted octanol–water partition coefficient (Wildman–Crippen LogP) is 5.09. The van der Waals surface area contributed by atoms with E-state index in [1.165, 1.54) is 24.7 Å². The molecule has 2 aromatic carbocycles. The molecule has 3 nitrogen and oxygen atoms in total. The quantitative estimate of drug-likeness (QED) is 0.629. The lowest BCUT2D eigenvalue weighted by atomic mass is 9.87. The molecule has 0 unspecified atom stereocenters. The molecule has 4 rings (SSSR count). The Hall–Kier alpha value is -3.02. The van der Waals surface area contributed by atoms with Gasteiger partial charge >= 0.3 is 6.18 Å². The number of benzene rings is 2. The smallest absolute Gasteiger partial charge is 0.416 e. The lowest BCUT2D eigenvalue weighted by Crippen LogP contribution is -2.40. The van der Waals surface area contributed by atoms with Crippen LogP contribution in [0.3, 0.4) is 0 Å². The van der Waals surface area contributed by atoms with Crippen LogP contribution in [0.4, 0.5) is 13.2 Å². The number of rotatable bonds is 2. The first kappa shape index (κ1) is 17.4. The third-order valence-electron chi connectivity index (χ3n) is 4.87. The maximum Gasteiger partial charge on any atom is 0.416 e. The third kappa shape index (κ3) is 3.23. The number of nitrogens with zero attached hydrogens (tertiary/aromatic N) is 1. The molecule has 0 saturated carbocycles. The number of carbonyl (C=O) groups is 1. The van der Waals surface area contributed by atoms with Crippen LogP contribution in [0.1, 0.15) is 38.7 Å². The number of alkyl halides is 3. The molecule has 27 heavy (non-hydrogen) atoms. The van der Waals surface area contributed by atoms with E-state index < -0.39 is 17.8 Å². The first-order valence-corrected chi connectivity index (χ1v) is 8.53. The Kier molecular flexibility index (Phi) is 4.26. The summed E-state index contributed by atoms with van der Waals surface area (Å²) in [7, 11) is 0. The van der Waals surface area contributed by atoms with Crippen molar-refractivity contribution in [3.8, 4) is 0 Å². The van der Waals surface area contributed by atoms with E-state index in [0.717, 1.165) is 23.3 Å². The number of furan rings is 1. The maximum atomic E-state index is 13.0. The molecule has 6 heteroatoms. The van der Waals surface area contributed by atoms with Gasteiger partial charge in [0.2, 0.25) is 0 Å². The predicted molar refractivity (Wildman–Crippen MR) is 93.2 cm³/mol. The molecular formula is C21H16F3NO2. The SMILES string of the molecule is O=C(c1ccoc1)N1CCc2ccccc2[C@H]1c1ccc(C(F)(F)F)cc1. The molecule has 0 aliphatic carbocycles. The van der Waals surface area contributed by atoms with Gasteiger partial charge in [-0.2, -0.15) is 13.2 Å². The van der Waals surface area contributed by atoms with Crippen molar-refractivity contribution in [1.82, 2.24) is 4.90 Å². The van der Waals surface area contributed by atoms with Crippen molar-refractivity contribution in [3.63, 3.8) is 0 Å². The fourth-order valence-corrected chi connectivity index (χ4v) is 3.55. The van der Waals surface area contributed by atoms with Crippen LogP contribution in [0.25, 0.3) is 0 Å². The Balaban J connectivity index is 1.78. The molecule has 1 atom stereocenters. The normalized spacial score (nSPS) is 16.9. The molecule has 1 aliphatic heterocycles. The Labute approximate surface area is 154 Å². The topological polar surface area (TPSA) is 33.5 Å². The van der Waals surface area contributed by atoms with Crippen LogP contribution in [-0.4, -0.2) is 17.4 Å². The molecule has 0 N–H and O–H groups in total. The van der Waals surface area contributed by atoms with Gasteiger partial charge < -0.3 is 9.32 Å². The Morgan fingerprint density at radius 1 is 1.04 bits per heavy atom. The summed E-state index contributed by atoms with van der Waals surface area (Å²) in [4.78, 5) is 14.7. The van der Waals surface area contributed by atoms with Crippen LogP contribution < -0.4 is 0 Å². The van der Waals surface area contributed by atoms with Crippen LogP contribution in [0.5, 0.6) is 0 Å². The first-order chi connectivity index (χ1) is 12.9. The van der Waals surface area contributed by atoms with Crippen molar-refractivity contribution in [3.05, 3.63) is 94.9 Å².